The second-order valence-corrected chi connectivity index (χ2v) is 7.71. The Hall–Kier alpha value is -2.74. The lowest BCUT2D eigenvalue weighted by atomic mass is 10.00. The van der Waals surface area contributed by atoms with Gasteiger partial charge in [0.25, 0.3) is 0 Å². The van der Waals surface area contributed by atoms with E-state index >= 15 is 0 Å². The summed E-state index contributed by atoms with van der Waals surface area (Å²) in [4.78, 5) is 0. The first-order chi connectivity index (χ1) is 14.8. The maximum absolute atomic E-state index is 6.30. The molecule has 3 rings (SSSR count). The fourth-order valence-electron chi connectivity index (χ4n) is 3.60. The van der Waals surface area contributed by atoms with Gasteiger partial charge < -0.3 is 9.47 Å². The first-order valence-corrected chi connectivity index (χ1v) is 11.3. The number of unbranched alkanes of at least 4 members (excludes halogenated alkanes) is 4. The first kappa shape index (κ1) is 22.0. The number of hydrogen-bond donors (Lipinski definition) is 0. The van der Waals surface area contributed by atoms with Crippen LogP contribution in [-0.4, -0.2) is 6.61 Å². The molecule has 0 aliphatic carbocycles. The van der Waals surface area contributed by atoms with Crippen molar-refractivity contribution in [2.45, 2.75) is 59.0 Å². The van der Waals surface area contributed by atoms with Gasteiger partial charge in [0.05, 0.1) is 6.61 Å². The van der Waals surface area contributed by atoms with Crippen LogP contribution < -0.4 is 9.47 Å². The van der Waals surface area contributed by atoms with Crippen LogP contribution >= 0.6 is 0 Å². The largest absolute Gasteiger partial charge is 0.493 e. The standard InChI is InChI=1S/C28H34O2/c1-3-5-6-7-14-19-29-27-21-28(30-22-23-15-10-8-11-16-23)26(20-24(27)4-2)25-17-12-9-13-18-25/h8-13,15-18,20-21H,3-7,14,19,22H2,1-2H3. The van der Waals surface area contributed by atoms with Gasteiger partial charge in [-0.3, -0.25) is 0 Å². The lowest BCUT2D eigenvalue weighted by molar-refractivity contribution is 0.289. The van der Waals surface area contributed by atoms with Crippen molar-refractivity contribution in [3.8, 4) is 22.6 Å². The van der Waals surface area contributed by atoms with Crippen molar-refractivity contribution in [2.75, 3.05) is 6.61 Å². The molecule has 0 bridgehead atoms. The van der Waals surface area contributed by atoms with Gasteiger partial charge in [0.1, 0.15) is 18.1 Å². The predicted octanol–water partition coefficient (Wildman–Crippen LogP) is 7.84. The van der Waals surface area contributed by atoms with Gasteiger partial charge in [0.2, 0.25) is 0 Å². The molecule has 0 spiro atoms. The molecule has 0 aliphatic rings. The Kier molecular flexibility index (Phi) is 8.83. The Balaban J connectivity index is 1.80. The van der Waals surface area contributed by atoms with E-state index in [1.807, 2.05) is 24.3 Å². The summed E-state index contributed by atoms with van der Waals surface area (Å²) in [7, 11) is 0. The summed E-state index contributed by atoms with van der Waals surface area (Å²) >= 11 is 0. The third-order valence-corrected chi connectivity index (χ3v) is 5.37. The first-order valence-electron chi connectivity index (χ1n) is 11.3. The average Bonchev–Trinajstić information content (AvgIpc) is 2.81. The molecule has 0 saturated heterocycles. The van der Waals surface area contributed by atoms with Gasteiger partial charge in [0.15, 0.2) is 0 Å². The molecule has 0 radical (unpaired) electrons. The summed E-state index contributed by atoms with van der Waals surface area (Å²) in [5.74, 6) is 1.83. The zero-order chi connectivity index (χ0) is 21.0. The number of benzene rings is 3. The van der Waals surface area contributed by atoms with E-state index in [9.17, 15) is 0 Å². The van der Waals surface area contributed by atoms with Crippen LogP contribution in [0.25, 0.3) is 11.1 Å². The van der Waals surface area contributed by atoms with E-state index in [0.29, 0.717) is 6.61 Å². The summed E-state index contributed by atoms with van der Waals surface area (Å²) in [6.45, 7) is 5.74. The highest BCUT2D eigenvalue weighted by Gasteiger charge is 2.13. The molecule has 2 nitrogen and oxygen atoms in total. The van der Waals surface area contributed by atoms with Crippen LogP contribution in [0.5, 0.6) is 11.5 Å². The molecule has 158 valence electrons. The van der Waals surface area contributed by atoms with E-state index in [2.05, 4.69) is 62.4 Å². The quantitative estimate of drug-likeness (QED) is 0.287. The second kappa shape index (κ2) is 12.1. The van der Waals surface area contributed by atoms with E-state index in [1.54, 1.807) is 0 Å². The highest BCUT2D eigenvalue weighted by Crippen LogP contribution is 2.37. The van der Waals surface area contributed by atoms with Crippen molar-refractivity contribution in [1.29, 1.82) is 0 Å². The van der Waals surface area contributed by atoms with Crippen LogP contribution in [0.1, 0.15) is 57.1 Å². The van der Waals surface area contributed by atoms with E-state index < -0.39 is 0 Å². The molecule has 0 aliphatic heterocycles. The highest BCUT2D eigenvalue weighted by atomic mass is 16.5. The average molecular weight is 403 g/mol. The van der Waals surface area contributed by atoms with Crippen molar-refractivity contribution in [1.82, 2.24) is 0 Å². The Bertz CT molecular complexity index is 872. The van der Waals surface area contributed by atoms with Crippen LogP contribution in [0.2, 0.25) is 0 Å². The van der Waals surface area contributed by atoms with Crippen molar-refractivity contribution in [3.63, 3.8) is 0 Å². The van der Waals surface area contributed by atoms with Crippen LogP contribution in [0.15, 0.2) is 72.8 Å². The summed E-state index contributed by atoms with van der Waals surface area (Å²) in [5, 5.41) is 0. The molecule has 0 atom stereocenters. The molecule has 3 aromatic rings. The van der Waals surface area contributed by atoms with Crippen molar-refractivity contribution < 1.29 is 9.47 Å². The molecule has 0 saturated carbocycles. The molecule has 0 N–H and O–H groups in total. The maximum atomic E-state index is 6.30. The molecule has 3 aromatic carbocycles. The van der Waals surface area contributed by atoms with Gasteiger partial charge in [-0.05, 0) is 35.6 Å². The lowest BCUT2D eigenvalue weighted by Gasteiger charge is -2.18. The van der Waals surface area contributed by atoms with Gasteiger partial charge in [-0.2, -0.15) is 0 Å². The van der Waals surface area contributed by atoms with Crippen LogP contribution in [0.3, 0.4) is 0 Å². The molecule has 2 heteroatoms. The minimum Gasteiger partial charge on any atom is -0.493 e. The Morgan fingerprint density at radius 2 is 1.37 bits per heavy atom. The van der Waals surface area contributed by atoms with Crippen molar-refractivity contribution in [3.05, 3.63) is 83.9 Å². The zero-order valence-electron chi connectivity index (χ0n) is 18.4. The van der Waals surface area contributed by atoms with Crippen LogP contribution in [0.4, 0.5) is 0 Å². The van der Waals surface area contributed by atoms with Gasteiger partial charge >= 0.3 is 0 Å². The van der Waals surface area contributed by atoms with Crippen molar-refractivity contribution >= 4 is 0 Å². The summed E-state index contributed by atoms with van der Waals surface area (Å²) < 4.78 is 12.5. The highest BCUT2D eigenvalue weighted by molar-refractivity contribution is 5.73. The predicted molar refractivity (Wildman–Crippen MR) is 126 cm³/mol. The second-order valence-electron chi connectivity index (χ2n) is 7.71. The third-order valence-electron chi connectivity index (χ3n) is 5.37. The van der Waals surface area contributed by atoms with Gasteiger partial charge in [-0.15, -0.1) is 0 Å². The fraction of sp³-hybridized carbons (Fsp3) is 0.357. The van der Waals surface area contributed by atoms with Crippen LogP contribution in [0, 0.1) is 0 Å². The summed E-state index contributed by atoms with van der Waals surface area (Å²) in [6, 6.07) is 25.1. The van der Waals surface area contributed by atoms with Crippen LogP contribution in [-0.2, 0) is 13.0 Å². The number of hydrogen-bond acceptors (Lipinski definition) is 2. The smallest absolute Gasteiger partial charge is 0.131 e. The lowest BCUT2D eigenvalue weighted by Crippen LogP contribution is -2.03. The van der Waals surface area contributed by atoms with Gasteiger partial charge in [-0.25, -0.2) is 0 Å². The Morgan fingerprint density at radius 3 is 2.07 bits per heavy atom. The molecule has 0 heterocycles. The van der Waals surface area contributed by atoms with E-state index in [1.165, 1.54) is 36.8 Å². The van der Waals surface area contributed by atoms with E-state index in [-0.39, 0.29) is 0 Å². The van der Waals surface area contributed by atoms with E-state index in [4.69, 9.17) is 9.47 Å². The van der Waals surface area contributed by atoms with Gasteiger partial charge in [-0.1, -0.05) is 100 Å². The molecular weight excluding hydrogens is 368 g/mol. The molecular formula is C28H34O2. The third kappa shape index (κ3) is 6.38. The zero-order valence-corrected chi connectivity index (χ0v) is 18.4. The normalized spacial score (nSPS) is 10.7. The SMILES string of the molecule is CCCCCCCOc1cc(OCc2ccccc2)c(-c2ccccc2)cc1CC. The molecule has 0 unspecified atom stereocenters. The number of aryl methyl sites for hydroxylation is 1. The van der Waals surface area contributed by atoms with Crippen molar-refractivity contribution in [2.24, 2.45) is 0 Å². The maximum Gasteiger partial charge on any atom is 0.131 e. The minimum absolute atomic E-state index is 0.544. The monoisotopic (exact) mass is 402 g/mol. The molecule has 30 heavy (non-hydrogen) atoms. The summed E-state index contributed by atoms with van der Waals surface area (Å²) in [6.07, 6.45) is 7.13. The van der Waals surface area contributed by atoms with Gasteiger partial charge in [0, 0.05) is 11.6 Å². The number of ether oxygens (including phenoxy) is 2. The summed E-state index contributed by atoms with van der Waals surface area (Å²) in [5.41, 5.74) is 4.68. The Labute approximate surface area is 181 Å². The Morgan fingerprint density at radius 1 is 0.667 bits per heavy atom. The fourth-order valence-corrected chi connectivity index (χ4v) is 3.60. The minimum atomic E-state index is 0.544. The topological polar surface area (TPSA) is 18.5 Å². The van der Waals surface area contributed by atoms with E-state index in [0.717, 1.165) is 42.1 Å². The molecule has 0 fully saturated rings. The number of rotatable bonds is 12. The molecule has 0 amide bonds. The molecule has 0 aromatic heterocycles.